The number of ether oxygens (including phenoxy) is 1. The highest BCUT2D eigenvalue weighted by Gasteiger charge is 2.17. The summed E-state index contributed by atoms with van der Waals surface area (Å²) < 4.78 is 19.6. The third-order valence-electron chi connectivity index (χ3n) is 7.09. The Labute approximate surface area is 234 Å². The fourth-order valence-corrected chi connectivity index (χ4v) is 5.09. The summed E-state index contributed by atoms with van der Waals surface area (Å²) in [6.07, 6.45) is 7.42. The Kier molecular flexibility index (Phi) is 8.50. The molecule has 5 rings (SSSR count). The number of nitrogens with zero attached hydrogens (tertiary/aromatic N) is 3. The number of hydrogen-bond acceptors (Lipinski definition) is 6. The summed E-state index contributed by atoms with van der Waals surface area (Å²) in [6, 6.07) is 20.3. The number of methoxy groups -OCH3 is 1. The molecule has 0 atom stereocenters. The number of rotatable bonds is 10. The SMILES string of the molecule is C=CC(=O)Cc1cccc(-c2nc(Nc3ccc(OC)c(N4CCCCC4)c3)ncc2Cc2cccc(F)c2)c1. The van der Waals surface area contributed by atoms with Crippen LogP contribution in [0.15, 0.2) is 85.6 Å². The van der Waals surface area contributed by atoms with Crippen LogP contribution >= 0.6 is 0 Å². The molecule has 0 radical (unpaired) electrons. The number of nitrogens with one attached hydrogen (secondary N) is 1. The second-order valence-corrected chi connectivity index (χ2v) is 9.98. The standard InChI is InChI=1S/C33H33FN4O2/c1-3-29(39)20-24-9-7-11-25(17-24)32-26(18-23-10-8-12-27(34)19-23)22-35-33(37-32)36-28-13-14-31(40-2)30(21-28)38-15-5-4-6-16-38/h3,7-14,17,19,21-22H,1,4-6,15-16,18,20H2,2H3,(H,35,36,37). The quantitative estimate of drug-likeness (QED) is 0.222. The summed E-state index contributed by atoms with van der Waals surface area (Å²) >= 11 is 0. The van der Waals surface area contributed by atoms with Gasteiger partial charge in [-0.05, 0) is 72.9 Å². The van der Waals surface area contributed by atoms with Crippen molar-refractivity contribution in [1.82, 2.24) is 9.97 Å². The van der Waals surface area contributed by atoms with Crippen LogP contribution in [0.25, 0.3) is 11.3 Å². The molecule has 6 nitrogen and oxygen atoms in total. The summed E-state index contributed by atoms with van der Waals surface area (Å²) in [4.78, 5) is 23.9. The van der Waals surface area contributed by atoms with E-state index in [0.717, 1.165) is 71.0 Å². The predicted octanol–water partition coefficient (Wildman–Crippen LogP) is 6.91. The number of benzene rings is 3. The van der Waals surface area contributed by atoms with E-state index in [2.05, 4.69) is 27.8 Å². The molecule has 0 aliphatic carbocycles. The monoisotopic (exact) mass is 536 g/mol. The molecule has 1 N–H and O–H groups in total. The van der Waals surface area contributed by atoms with E-state index in [1.54, 1.807) is 19.4 Å². The summed E-state index contributed by atoms with van der Waals surface area (Å²) in [5.74, 6) is 0.948. The molecule has 40 heavy (non-hydrogen) atoms. The fraction of sp³-hybridized carbons (Fsp3) is 0.242. The Hall–Kier alpha value is -4.52. The minimum atomic E-state index is -0.285. The van der Waals surface area contributed by atoms with Crippen LogP contribution in [0, 0.1) is 5.82 Å². The van der Waals surface area contributed by atoms with E-state index in [4.69, 9.17) is 9.72 Å². The first-order valence-electron chi connectivity index (χ1n) is 13.6. The van der Waals surface area contributed by atoms with Gasteiger partial charge in [-0.2, -0.15) is 0 Å². The molecule has 1 fully saturated rings. The number of halogens is 1. The predicted molar refractivity (Wildman–Crippen MR) is 158 cm³/mol. The second kappa shape index (κ2) is 12.6. The minimum Gasteiger partial charge on any atom is -0.495 e. The lowest BCUT2D eigenvalue weighted by Gasteiger charge is -2.30. The summed E-state index contributed by atoms with van der Waals surface area (Å²) in [5.41, 5.74) is 6.03. The van der Waals surface area contributed by atoms with Crippen molar-refractivity contribution < 1.29 is 13.9 Å². The van der Waals surface area contributed by atoms with E-state index >= 15 is 0 Å². The van der Waals surface area contributed by atoms with Crippen molar-refractivity contribution in [3.63, 3.8) is 0 Å². The van der Waals surface area contributed by atoms with Crippen molar-refractivity contribution in [3.8, 4) is 17.0 Å². The number of carbonyl (C=O) groups excluding carboxylic acids is 1. The Balaban J connectivity index is 1.50. The number of carbonyl (C=O) groups is 1. The molecule has 1 saturated heterocycles. The van der Waals surface area contributed by atoms with Gasteiger partial charge in [-0.3, -0.25) is 4.79 Å². The highest BCUT2D eigenvalue weighted by Crippen LogP contribution is 2.34. The van der Waals surface area contributed by atoms with Gasteiger partial charge < -0.3 is 15.0 Å². The fourth-order valence-electron chi connectivity index (χ4n) is 5.09. The van der Waals surface area contributed by atoms with Gasteiger partial charge in [0.1, 0.15) is 11.6 Å². The number of allylic oxidation sites excluding steroid dienone is 1. The summed E-state index contributed by atoms with van der Waals surface area (Å²) in [5, 5.41) is 3.37. The van der Waals surface area contributed by atoms with Gasteiger partial charge in [0.15, 0.2) is 5.78 Å². The van der Waals surface area contributed by atoms with Crippen LogP contribution in [0.3, 0.4) is 0 Å². The van der Waals surface area contributed by atoms with E-state index in [9.17, 15) is 9.18 Å². The zero-order valence-corrected chi connectivity index (χ0v) is 22.7. The highest BCUT2D eigenvalue weighted by atomic mass is 19.1. The second-order valence-electron chi connectivity index (χ2n) is 9.98. The smallest absolute Gasteiger partial charge is 0.227 e. The molecule has 2 heterocycles. The molecule has 0 saturated carbocycles. The van der Waals surface area contributed by atoms with Crippen molar-refractivity contribution >= 4 is 23.1 Å². The topological polar surface area (TPSA) is 67.3 Å². The Bertz CT molecular complexity index is 1510. The van der Waals surface area contributed by atoms with Crippen LogP contribution in [-0.4, -0.2) is 36.0 Å². The van der Waals surface area contributed by atoms with E-state index in [1.165, 1.54) is 24.6 Å². The average Bonchev–Trinajstić information content (AvgIpc) is 2.98. The normalized spacial score (nSPS) is 13.1. The maximum Gasteiger partial charge on any atom is 0.227 e. The van der Waals surface area contributed by atoms with Crippen molar-refractivity contribution in [3.05, 3.63) is 108 Å². The molecule has 0 bridgehead atoms. The lowest BCUT2D eigenvalue weighted by atomic mass is 9.98. The first-order chi connectivity index (χ1) is 19.5. The Morgan fingerprint density at radius 2 is 1.85 bits per heavy atom. The van der Waals surface area contributed by atoms with Crippen LogP contribution in [0.4, 0.5) is 21.7 Å². The molecular formula is C33H33FN4O2. The third kappa shape index (κ3) is 6.54. The molecule has 0 spiro atoms. The Morgan fingerprint density at radius 1 is 1.05 bits per heavy atom. The van der Waals surface area contributed by atoms with Crippen LogP contribution in [0.1, 0.15) is 36.0 Å². The van der Waals surface area contributed by atoms with Crippen LogP contribution < -0.4 is 15.0 Å². The Morgan fingerprint density at radius 3 is 2.62 bits per heavy atom. The van der Waals surface area contributed by atoms with Gasteiger partial charge in [0.25, 0.3) is 0 Å². The molecular weight excluding hydrogens is 503 g/mol. The van der Waals surface area contributed by atoms with Crippen LogP contribution in [0.5, 0.6) is 5.75 Å². The molecule has 4 aromatic rings. The third-order valence-corrected chi connectivity index (χ3v) is 7.09. The van der Waals surface area contributed by atoms with E-state index in [0.29, 0.717) is 12.4 Å². The minimum absolute atomic E-state index is 0.0498. The molecule has 1 aromatic heterocycles. The van der Waals surface area contributed by atoms with E-state index in [1.807, 2.05) is 42.5 Å². The molecule has 1 aliphatic heterocycles. The number of piperidine rings is 1. The number of anilines is 3. The van der Waals surface area contributed by atoms with E-state index in [-0.39, 0.29) is 18.0 Å². The number of hydrogen-bond donors (Lipinski definition) is 1. The molecule has 7 heteroatoms. The first kappa shape index (κ1) is 27.1. The van der Waals surface area contributed by atoms with Gasteiger partial charge in [0, 0.05) is 48.9 Å². The van der Waals surface area contributed by atoms with Crippen LogP contribution in [-0.2, 0) is 17.6 Å². The van der Waals surface area contributed by atoms with Crippen molar-refractivity contribution in [2.24, 2.45) is 0 Å². The first-order valence-corrected chi connectivity index (χ1v) is 13.6. The van der Waals surface area contributed by atoms with Crippen LogP contribution in [0.2, 0.25) is 0 Å². The zero-order valence-electron chi connectivity index (χ0n) is 22.7. The zero-order chi connectivity index (χ0) is 27.9. The lowest BCUT2D eigenvalue weighted by molar-refractivity contribution is -0.114. The lowest BCUT2D eigenvalue weighted by Crippen LogP contribution is -2.29. The van der Waals surface area contributed by atoms with E-state index < -0.39 is 0 Å². The maximum absolute atomic E-state index is 13.9. The van der Waals surface area contributed by atoms with Crippen molar-refractivity contribution in [2.45, 2.75) is 32.1 Å². The van der Waals surface area contributed by atoms with Gasteiger partial charge in [-0.1, -0.05) is 36.9 Å². The van der Waals surface area contributed by atoms with Gasteiger partial charge in [0.05, 0.1) is 18.5 Å². The van der Waals surface area contributed by atoms with Gasteiger partial charge in [0.2, 0.25) is 5.95 Å². The maximum atomic E-state index is 13.9. The largest absolute Gasteiger partial charge is 0.495 e. The summed E-state index contributed by atoms with van der Waals surface area (Å²) in [7, 11) is 1.69. The summed E-state index contributed by atoms with van der Waals surface area (Å²) in [6.45, 7) is 5.58. The average molecular weight is 537 g/mol. The van der Waals surface area contributed by atoms with Gasteiger partial charge in [-0.15, -0.1) is 0 Å². The van der Waals surface area contributed by atoms with Crippen molar-refractivity contribution in [2.75, 3.05) is 30.4 Å². The molecule has 0 unspecified atom stereocenters. The van der Waals surface area contributed by atoms with Gasteiger partial charge in [-0.25, -0.2) is 14.4 Å². The molecule has 1 aliphatic rings. The van der Waals surface area contributed by atoms with Crippen molar-refractivity contribution in [1.29, 1.82) is 0 Å². The highest BCUT2D eigenvalue weighted by molar-refractivity contribution is 5.91. The number of aromatic nitrogens is 2. The molecule has 204 valence electrons. The molecule has 0 amide bonds. The molecule has 3 aromatic carbocycles. The number of ketones is 1. The van der Waals surface area contributed by atoms with Gasteiger partial charge >= 0.3 is 0 Å².